The molecule has 1 radical (unpaired) electrons. The summed E-state index contributed by atoms with van der Waals surface area (Å²) in [5.74, 6) is -0.973. The molecule has 153 valence electrons. The Morgan fingerprint density at radius 2 is 1.58 bits per heavy atom. The quantitative estimate of drug-likeness (QED) is 0.330. The minimum atomic E-state index is -1.82. The van der Waals surface area contributed by atoms with Gasteiger partial charge in [-0.3, -0.25) is 0 Å². The number of hydrogen-bond acceptors (Lipinski definition) is 4. The van der Waals surface area contributed by atoms with Crippen LogP contribution in [0.3, 0.4) is 0 Å². The summed E-state index contributed by atoms with van der Waals surface area (Å²) in [6, 6.07) is 21.2. The first-order valence-electron chi connectivity index (χ1n) is 9.78. The van der Waals surface area contributed by atoms with Crippen LogP contribution in [-0.2, 0) is 9.59 Å². The normalized spacial score (nSPS) is 18.3. The predicted molar refractivity (Wildman–Crippen MR) is 130 cm³/mol. The van der Waals surface area contributed by atoms with Crippen molar-refractivity contribution >= 4 is 84.8 Å². The second-order valence-electron chi connectivity index (χ2n) is 7.90. The topological polar surface area (TPSA) is 61.8 Å². The molecule has 0 saturated carbocycles. The SMILES string of the molecule is C[Si]1(C)c2ccccc2N(c2ccc(/C=C3/C(=O)N=C([Se])NC3=O)s2)c2ccccc21. The summed E-state index contributed by atoms with van der Waals surface area (Å²) >= 11 is 4.11. The van der Waals surface area contributed by atoms with Crippen LogP contribution >= 0.6 is 11.3 Å². The number of aliphatic imine (C=N–C) groups is 1. The van der Waals surface area contributed by atoms with Crippen molar-refractivity contribution in [3.63, 3.8) is 0 Å². The van der Waals surface area contributed by atoms with Crippen molar-refractivity contribution in [2.45, 2.75) is 13.1 Å². The van der Waals surface area contributed by atoms with Gasteiger partial charge in [-0.2, -0.15) is 0 Å². The molecule has 1 N–H and O–H groups in total. The van der Waals surface area contributed by atoms with Crippen LogP contribution in [0, 0.1) is 0 Å². The van der Waals surface area contributed by atoms with E-state index in [1.807, 2.05) is 12.1 Å². The Balaban J connectivity index is 1.62. The molecule has 31 heavy (non-hydrogen) atoms. The van der Waals surface area contributed by atoms with Crippen molar-refractivity contribution in [3.8, 4) is 0 Å². The van der Waals surface area contributed by atoms with Crippen molar-refractivity contribution < 1.29 is 9.59 Å². The zero-order valence-corrected chi connectivity index (χ0v) is 20.4. The Bertz CT molecular complexity index is 1260. The van der Waals surface area contributed by atoms with Crippen LogP contribution in [0.1, 0.15) is 4.88 Å². The van der Waals surface area contributed by atoms with E-state index in [0.717, 1.165) is 9.88 Å². The van der Waals surface area contributed by atoms with Gasteiger partial charge >= 0.3 is 169 Å². The van der Waals surface area contributed by atoms with Gasteiger partial charge in [0.25, 0.3) is 0 Å². The average molecular weight is 508 g/mol. The first-order chi connectivity index (χ1) is 14.9. The van der Waals surface area contributed by atoms with Crippen LogP contribution in [0.2, 0.25) is 13.1 Å². The number of nitrogens with zero attached hydrogens (tertiary/aromatic N) is 2. The number of fused-ring (bicyclic) bond motifs is 2. The first-order valence-corrected chi connectivity index (χ1v) is 14.5. The number of carbonyl (C=O) groups is 2. The number of benzene rings is 2. The van der Waals surface area contributed by atoms with E-state index in [1.54, 1.807) is 17.4 Å². The van der Waals surface area contributed by atoms with E-state index >= 15 is 0 Å². The van der Waals surface area contributed by atoms with E-state index in [9.17, 15) is 9.59 Å². The van der Waals surface area contributed by atoms with E-state index in [1.165, 1.54) is 21.7 Å². The fourth-order valence-corrected chi connectivity index (χ4v) is 8.49. The van der Waals surface area contributed by atoms with E-state index < -0.39 is 19.9 Å². The summed E-state index contributed by atoms with van der Waals surface area (Å²) in [5, 5.41) is 6.37. The van der Waals surface area contributed by atoms with Crippen LogP contribution in [0.15, 0.2) is 71.2 Å². The van der Waals surface area contributed by atoms with Gasteiger partial charge in [-0.1, -0.05) is 25.2 Å². The molecule has 0 bridgehead atoms. The number of rotatable bonds is 2. The number of anilines is 3. The molecule has 0 fully saturated rings. The van der Waals surface area contributed by atoms with Crippen molar-refractivity contribution in [2.75, 3.05) is 4.90 Å². The number of para-hydroxylation sites is 2. The number of nitrogens with one attached hydrogen (secondary N) is 1. The van der Waals surface area contributed by atoms with Gasteiger partial charge in [0.2, 0.25) is 0 Å². The third-order valence-electron chi connectivity index (χ3n) is 5.65. The first kappa shape index (κ1) is 20.1. The predicted octanol–water partition coefficient (Wildman–Crippen LogP) is 2.92. The summed E-state index contributed by atoms with van der Waals surface area (Å²) < 4.78 is 0.201. The second kappa shape index (κ2) is 7.42. The Kier molecular flexibility index (Phi) is 4.82. The van der Waals surface area contributed by atoms with Crippen LogP contribution in [0.4, 0.5) is 16.4 Å². The zero-order valence-electron chi connectivity index (χ0n) is 16.9. The van der Waals surface area contributed by atoms with Crippen LogP contribution in [-0.4, -0.2) is 40.6 Å². The van der Waals surface area contributed by atoms with E-state index in [0.29, 0.717) is 0 Å². The Morgan fingerprint density at radius 3 is 2.19 bits per heavy atom. The Hall–Kier alpha value is -2.77. The minimum absolute atomic E-state index is 0.0420. The van der Waals surface area contributed by atoms with Crippen molar-refractivity contribution in [1.82, 2.24) is 5.32 Å². The van der Waals surface area contributed by atoms with Gasteiger partial charge < -0.3 is 0 Å². The molecule has 0 spiro atoms. The van der Waals surface area contributed by atoms with Crippen molar-refractivity contribution in [2.24, 2.45) is 4.99 Å². The average Bonchev–Trinajstić information content (AvgIpc) is 3.19. The molecule has 2 aliphatic heterocycles. The molecule has 3 aromatic rings. The van der Waals surface area contributed by atoms with Crippen molar-refractivity contribution in [3.05, 3.63) is 71.1 Å². The molecule has 2 aromatic carbocycles. The summed E-state index contributed by atoms with van der Waals surface area (Å²) in [4.78, 5) is 31.3. The standard InChI is InChI=1S/C23H18N3O2SSeSi/c1-31(2)18-9-5-3-7-16(18)26(17-8-4-6-10-19(17)31)20-12-11-14(29-20)13-15-21(27)24-23(30)25-22(15)28/h3-13H,1-2H3,(H,24,25,27,28). The molecule has 2 aliphatic rings. The van der Waals surface area contributed by atoms with E-state index in [-0.39, 0.29) is 10.3 Å². The fourth-order valence-electron chi connectivity index (χ4n) is 4.16. The maximum absolute atomic E-state index is 12.2. The maximum atomic E-state index is 12.2. The molecule has 0 saturated heterocycles. The van der Waals surface area contributed by atoms with E-state index in [2.05, 4.69) is 92.8 Å². The van der Waals surface area contributed by atoms with Crippen molar-refractivity contribution in [1.29, 1.82) is 0 Å². The molecule has 5 rings (SSSR count). The molecular formula is C23H18N3O2SSeSi. The summed E-state index contributed by atoms with van der Waals surface area (Å²) in [5.41, 5.74) is 2.43. The Labute approximate surface area is 193 Å². The second-order valence-corrected chi connectivity index (χ2v) is 14.1. The van der Waals surface area contributed by atoms with Crippen LogP contribution < -0.4 is 20.6 Å². The molecular weight excluding hydrogens is 489 g/mol. The fraction of sp³-hybridized carbons (Fsp3) is 0.0870. The molecule has 2 amide bonds. The third kappa shape index (κ3) is 3.32. The molecule has 3 heterocycles. The van der Waals surface area contributed by atoms with E-state index in [4.69, 9.17) is 0 Å². The summed E-state index contributed by atoms with van der Waals surface area (Å²) in [7, 11) is -1.82. The molecule has 5 nitrogen and oxygen atoms in total. The number of hydrogen-bond donors (Lipinski definition) is 1. The van der Waals surface area contributed by atoms with Gasteiger partial charge in [-0.05, 0) is 0 Å². The zero-order chi connectivity index (χ0) is 21.8. The molecule has 1 aromatic heterocycles. The summed E-state index contributed by atoms with van der Waals surface area (Å²) in [6.45, 7) is 4.78. The van der Waals surface area contributed by atoms with Crippen LogP contribution in [0.25, 0.3) is 6.08 Å². The molecule has 0 atom stereocenters. The summed E-state index contributed by atoms with van der Waals surface area (Å²) in [6.07, 6.45) is 1.61. The molecule has 0 aliphatic carbocycles. The monoisotopic (exact) mass is 508 g/mol. The number of amides is 2. The van der Waals surface area contributed by atoms with Gasteiger partial charge in [-0.15, -0.1) is 0 Å². The number of amidine groups is 1. The molecule has 0 unspecified atom stereocenters. The molecule has 8 heteroatoms. The van der Waals surface area contributed by atoms with Gasteiger partial charge in [0.15, 0.2) is 0 Å². The van der Waals surface area contributed by atoms with Crippen LogP contribution in [0.5, 0.6) is 0 Å². The van der Waals surface area contributed by atoms with Gasteiger partial charge in [0.05, 0.1) is 0 Å². The van der Waals surface area contributed by atoms with Gasteiger partial charge in [0, 0.05) is 0 Å². The third-order valence-corrected chi connectivity index (χ3v) is 10.6. The van der Waals surface area contributed by atoms with Gasteiger partial charge in [0.1, 0.15) is 0 Å². The number of thiophene rings is 1. The Morgan fingerprint density at radius 1 is 0.968 bits per heavy atom. The number of carbonyl (C=O) groups excluding carboxylic acids is 2. The van der Waals surface area contributed by atoms with Gasteiger partial charge in [-0.25, -0.2) is 0 Å².